The van der Waals surface area contributed by atoms with Crippen LogP contribution in [0.25, 0.3) is 0 Å². The number of hydrogen-bond donors (Lipinski definition) is 4. The largest absolute Gasteiger partial charge is 0.400 e. The van der Waals surface area contributed by atoms with Crippen molar-refractivity contribution in [2.75, 3.05) is 7.11 Å². The highest BCUT2D eigenvalue weighted by molar-refractivity contribution is 8.06. The van der Waals surface area contributed by atoms with Crippen molar-refractivity contribution in [2.24, 2.45) is 0 Å². The van der Waals surface area contributed by atoms with Gasteiger partial charge in [0.1, 0.15) is 0 Å². The molecule has 0 rings (SSSR count). The minimum Gasteiger partial charge on any atom is -0.400 e. The summed E-state index contributed by atoms with van der Waals surface area (Å²) in [6, 6.07) is 0. The fourth-order valence-corrected chi connectivity index (χ4v) is 0. The van der Waals surface area contributed by atoms with E-state index >= 15 is 0 Å². The van der Waals surface area contributed by atoms with Crippen molar-refractivity contribution in [3.05, 3.63) is 0 Å². The SMILES string of the molecule is CO.OP(O)(O)=S. The van der Waals surface area contributed by atoms with Crippen LogP contribution in [0.15, 0.2) is 0 Å². The van der Waals surface area contributed by atoms with Gasteiger partial charge in [-0.3, -0.25) is 0 Å². The van der Waals surface area contributed by atoms with E-state index in [0.717, 1.165) is 7.11 Å². The van der Waals surface area contributed by atoms with E-state index in [2.05, 4.69) is 11.8 Å². The fourth-order valence-electron chi connectivity index (χ4n) is 0. The molecule has 6 heteroatoms. The molecule has 0 unspecified atom stereocenters. The molecule has 0 aliphatic rings. The highest BCUT2D eigenvalue weighted by Gasteiger charge is 1.92. The standard InChI is InChI=1S/CH4O.H3O3PS/c1-2;1-4(2,3)5/h2H,1H3;(H3,1,2,3,5). The highest BCUT2D eigenvalue weighted by Crippen LogP contribution is 2.26. The van der Waals surface area contributed by atoms with E-state index in [0.29, 0.717) is 0 Å². The van der Waals surface area contributed by atoms with Crippen molar-refractivity contribution < 1.29 is 19.8 Å². The van der Waals surface area contributed by atoms with Crippen LogP contribution >= 0.6 is 6.72 Å². The Morgan fingerprint density at radius 1 is 1.14 bits per heavy atom. The maximum absolute atomic E-state index is 7.56. The van der Waals surface area contributed by atoms with E-state index in [9.17, 15) is 0 Å². The van der Waals surface area contributed by atoms with Gasteiger partial charge in [-0.15, -0.1) is 0 Å². The fraction of sp³-hybridized carbons (Fsp3) is 1.00. The smallest absolute Gasteiger partial charge is 0.319 e. The van der Waals surface area contributed by atoms with Gasteiger partial charge in [-0.2, -0.15) is 0 Å². The van der Waals surface area contributed by atoms with Crippen LogP contribution in [-0.2, 0) is 11.8 Å². The molecule has 0 aliphatic carbocycles. The Morgan fingerprint density at radius 2 is 1.14 bits per heavy atom. The van der Waals surface area contributed by atoms with E-state index in [-0.39, 0.29) is 0 Å². The average molecular weight is 146 g/mol. The minimum atomic E-state index is -3.81. The number of aliphatic hydroxyl groups excluding tert-OH is 1. The van der Waals surface area contributed by atoms with Crippen LogP contribution in [0.1, 0.15) is 0 Å². The number of rotatable bonds is 0. The molecule has 0 heterocycles. The molecule has 0 aromatic heterocycles. The molecule has 0 aromatic rings. The summed E-state index contributed by atoms with van der Waals surface area (Å²) < 4.78 is 0. The van der Waals surface area contributed by atoms with Crippen molar-refractivity contribution in [3.63, 3.8) is 0 Å². The van der Waals surface area contributed by atoms with Gasteiger partial charge >= 0.3 is 6.72 Å². The summed E-state index contributed by atoms with van der Waals surface area (Å²) >= 11 is 3.60. The molecular formula is CH7O4PS. The third-order valence-electron chi connectivity index (χ3n) is 0. The summed E-state index contributed by atoms with van der Waals surface area (Å²) in [7, 11) is 1.00. The third kappa shape index (κ3) is 545. The second-order valence-electron chi connectivity index (χ2n) is 0.513. The zero-order chi connectivity index (χ0) is 6.50. The lowest BCUT2D eigenvalue weighted by Gasteiger charge is -1.88. The first-order valence-electron chi connectivity index (χ1n) is 1.23. The molecular weight excluding hydrogens is 139 g/mol. The molecule has 0 spiro atoms. The second-order valence-corrected chi connectivity index (χ2v) is 3.01. The Morgan fingerprint density at radius 3 is 1.14 bits per heavy atom. The third-order valence-corrected chi connectivity index (χ3v) is 0. The van der Waals surface area contributed by atoms with Gasteiger partial charge in [0, 0.05) is 7.11 Å². The van der Waals surface area contributed by atoms with Gasteiger partial charge in [0.25, 0.3) is 0 Å². The highest BCUT2D eigenvalue weighted by atomic mass is 32.5. The summed E-state index contributed by atoms with van der Waals surface area (Å²) in [4.78, 5) is 22.7. The van der Waals surface area contributed by atoms with E-state index in [1.54, 1.807) is 0 Å². The lowest BCUT2D eigenvalue weighted by molar-refractivity contribution is 0.363. The molecule has 0 aromatic carbocycles. The van der Waals surface area contributed by atoms with Crippen LogP contribution in [0.2, 0.25) is 0 Å². The summed E-state index contributed by atoms with van der Waals surface area (Å²) in [6.45, 7) is -3.81. The molecule has 4 nitrogen and oxygen atoms in total. The van der Waals surface area contributed by atoms with Gasteiger partial charge in [0.15, 0.2) is 0 Å². The minimum absolute atomic E-state index is 1.00. The summed E-state index contributed by atoms with van der Waals surface area (Å²) in [5.41, 5.74) is 0. The van der Waals surface area contributed by atoms with Crippen molar-refractivity contribution >= 4 is 18.5 Å². The molecule has 46 valence electrons. The van der Waals surface area contributed by atoms with Gasteiger partial charge in [-0.05, 0) is 11.8 Å². The first-order chi connectivity index (χ1) is 3.00. The Hall–Kier alpha value is 0.490. The van der Waals surface area contributed by atoms with Crippen LogP contribution in [0.4, 0.5) is 0 Å². The Balaban J connectivity index is 0. The van der Waals surface area contributed by atoms with Crippen LogP contribution in [0.3, 0.4) is 0 Å². The number of aliphatic hydroxyl groups is 1. The second kappa shape index (κ2) is 4.64. The summed E-state index contributed by atoms with van der Waals surface area (Å²) in [6.07, 6.45) is 0. The lowest BCUT2D eigenvalue weighted by atomic mass is 11.8. The van der Waals surface area contributed by atoms with E-state index in [4.69, 9.17) is 19.8 Å². The molecule has 0 radical (unpaired) electrons. The van der Waals surface area contributed by atoms with E-state index < -0.39 is 6.72 Å². The quantitative estimate of drug-likeness (QED) is 0.323. The summed E-state index contributed by atoms with van der Waals surface area (Å²) in [5, 5.41) is 7.00. The molecule has 0 saturated heterocycles. The summed E-state index contributed by atoms with van der Waals surface area (Å²) in [5.74, 6) is 0. The molecule has 0 aliphatic heterocycles. The van der Waals surface area contributed by atoms with Gasteiger partial charge in [-0.25, -0.2) is 0 Å². The van der Waals surface area contributed by atoms with E-state index in [1.165, 1.54) is 0 Å². The van der Waals surface area contributed by atoms with Gasteiger partial charge in [0.2, 0.25) is 0 Å². The Kier molecular flexibility index (Phi) is 6.94. The van der Waals surface area contributed by atoms with Gasteiger partial charge in [-0.1, -0.05) is 0 Å². The molecule has 7 heavy (non-hydrogen) atoms. The lowest BCUT2D eigenvalue weighted by Crippen LogP contribution is -1.65. The van der Waals surface area contributed by atoms with Crippen LogP contribution in [0, 0.1) is 0 Å². The van der Waals surface area contributed by atoms with Gasteiger partial charge < -0.3 is 19.8 Å². The average Bonchev–Trinajstić information content (AvgIpc) is 1.36. The number of hydrogen-bond acceptors (Lipinski definition) is 2. The Labute approximate surface area is 46.3 Å². The molecule has 4 N–H and O–H groups in total. The molecule has 0 bridgehead atoms. The predicted molar refractivity (Wildman–Crippen MR) is 29.1 cm³/mol. The maximum Gasteiger partial charge on any atom is 0.319 e. The predicted octanol–water partition coefficient (Wildman–Crippen LogP) is -1.20. The normalized spacial score (nSPS) is 9.29. The van der Waals surface area contributed by atoms with Crippen LogP contribution in [0.5, 0.6) is 0 Å². The van der Waals surface area contributed by atoms with Crippen molar-refractivity contribution in [2.45, 2.75) is 0 Å². The maximum atomic E-state index is 7.56. The van der Waals surface area contributed by atoms with E-state index in [1.807, 2.05) is 0 Å². The first kappa shape index (κ1) is 10.5. The topological polar surface area (TPSA) is 80.9 Å². The van der Waals surface area contributed by atoms with Crippen molar-refractivity contribution in [3.8, 4) is 0 Å². The zero-order valence-corrected chi connectivity index (χ0v) is 5.36. The molecule has 0 saturated carbocycles. The van der Waals surface area contributed by atoms with Crippen LogP contribution in [-0.4, -0.2) is 26.9 Å². The van der Waals surface area contributed by atoms with Gasteiger partial charge in [0.05, 0.1) is 0 Å². The first-order valence-corrected chi connectivity index (χ1v) is 3.89. The molecule has 0 atom stereocenters. The monoisotopic (exact) mass is 146 g/mol. The van der Waals surface area contributed by atoms with Crippen molar-refractivity contribution in [1.82, 2.24) is 0 Å². The molecule has 0 amide bonds. The van der Waals surface area contributed by atoms with Crippen LogP contribution < -0.4 is 0 Å². The van der Waals surface area contributed by atoms with Crippen molar-refractivity contribution in [1.29, 1.82) is 0 Å². The molecule has 0 fully saturated rings. The Bertz CT molecular complexity index is 57.8. The zero-order valence-electron chi connectivity index (χ0n) is 3.64.